The van der Waals surface area contributed by atoms with Gasteiger partial charge in [-0.3, -0.25) is 0 Å². The number of thioether (sulfide) groups is 1. The Bertz CT molecular complexity index is 531. The Labute approximate surface area is 116 Å². The molecule has 0 fully saturated rings. The maximum absolute atomic E-state index is 13.2. The van der Waals surface area contributed by atoms with Gasteiger partial charge >= 0.3 is 0 Å². The van der Waals surface area contributed by atoms with Crippen LogP contribution in [0.1, 0.15) is 11.6 Å². The molecule has 0 amide bonds. The molecule has 1 unspecified atom stereocenters. The van der Waals surface area contributed by atoms with Crippen LogP contribution >= 0.6 is 11.8 Å². The van der Waals surface area contributed by atoms with E-state index in [4.69, 9.17) is 0 Å². The predicted octanol–water partition coefficient (Wildman–Crippen LogP) is 4.02. The fraction of sp³-hybridized carbons (Fsp3) is 0.200. The number of hydrogen-bond donors (Lipinski definition) is 1. The van der Waals surface area contributed by atoms with Crippen LogP contribution < -0.4 is 5.32 Å². The molecule has 0 aromatic heterocycles. The highest BCUT2D eigenvalue weighted by atomic mass is 32.2. The summed E-state index contributed by atoms with van der Waals surface area (Å²) in [5.41, 5.74) is 0.754. The van der Waals surface area contributed by atoms with Gasteiger partial charge in [0.15, 0.2) is 11.6 Å². The van der Waals surface area contributed by atoms with Gasteiger partial charge in [-0.05, 0) is 36.9 Å². The largest absolute Gasteiger partial charge is 0.312 e. The average Bonchev–Trinajstić information content (AvgIpc) is 2.44. The first kappa shape index (κ1) is 14.0. The van der Waals surface area contributed by atoms with Crippen molar-refractivity contribution in [3.8, 4) is 0 Å². The Morgan fingerprint density at radius 3 is 2.42 bits per heavy atom. The summed E-state index contributed by atoms with van der Waals surface area (Å²) < 4.78 is 26.1. The zero-order valence-corrected chi connectivity index (χ0v) is 11.4. The van der Waals surface area contributed by atoms with Crippen LogP contribution in [0.5, 0.6) is 0 Å². The van der Waals surface area contributed by atoms with Crippen molar-refractivity contribution < 1.29 is 8.78 Å². The molecule has 0 saturated carbocycles. The van der Waals surface area contributed by atoms with Crippen LogP contribution in [0.15, 0.2) is 53.4 Å². The maximum atomic E-state index is 13.2. The van der Waals surface area contributed by atoms with Crippen LogP contribution in [0, 0.1) is 11.6 Å². The fourth-order valence-electron chi connectivity index (χ4n) is 1.77. The van der Waals surface area contributed by atoms with Crippen LogP contribution in [0.4, 0.5) is 8.78 Å². The van der Waals surface area contributed by atoms with E-state index in [1.807, 2.05) is 37.4 Å². The normalized spacial score (nSPS) is 12.4. The third kappa shape index (κ3) is 3.78. The van der Waals surface area contributed by atoms with E-state index in [9.17, 15) is 8.78 Å². The predicted molar refractivity (Wildman–Crippen MR) is 75.3 cm³/mol. The second kappa shape index (κ2) is 6.68. The lowest BCUT2D eigenvalue weighted by molar-refractivity contribution is 0.504. The minimum atomic E-state index is -0.811. The summed E-state index contributed by atoms with van der Waals surface area (Å²) in [4.78, 5) is 1.16. The van der Waals surface area contributed by atoms with E-state index in [1.54, 1.807) is 17.8 Å². The van der Waals surface area contributed by atoms with Crippen molar-refractivity contribution in [3.05, 3.63) is 65.7 Å². The smallest absolute Gasteiger partial charge is 0.159 e. The van der Waals surface area contributed by atoms with Crippen molar-refractivity contribution in [2.24, 2.45) is 0 Å². The molecule has 0 saturated heterocycles. The first-order chi connectivity index (χ1) is 9.20. The van der Waals surface area contributed by atoms with E-state index in [0.29, 0.717) is 0 Å². The molecule has 100 valence electrons. The molecule has 0 bridgehead atoms. The van der Waals surface area contributed by atoms with Gasteiger partial charge in [-0.15, -0.1) is 11.8 Å². The van der Waals surface area contributed by atoms with E-state index in [-0.39, 0.29) is 6.04 Å². The summed E-state index contributed by atoms with van der Waals surface area (Å²) >= 11 is 1.68. The summed E-state index contributed by atoms with van der Waals surface area (Å²) in [5, 5.41) is 3.13. The SMILES string of the molecule is CNC(CSc1ccccc1)c1ccc(F)c(F)c1. The summed E-state index contributed by atoms with van der Waals surface area (Å²) in [5.74, 6) is -0.859. The fourth-order valence-corrected chi connectivity index (χ4v) is 2.84. The van der Waals surface area contributed by atoms with Gasteiger partial charge in [0.1, 0.15) is 0 Å². The first-order valence-corrected chi connectivity index (χ1v) is 6.99. The number of benzene rings is 2. The van der Waals surface area contributed by atoms with Crippen molar-refractivity contribution >= 4 is 11.8 Å². The van der Waals surface area contributed by atoms with Gasteiger partial charge in [-0.1, -0.05) is 24.3 Å². The number of rotatable bonds is 5. The Morgan fingerprint density at radius 1 is 1.05 bits per heavy atom. The third-order valence-electron chi connectivity index (χ3n) is 2.85. The second-order valence-corrected chi connectivity index (χ2v) is 5.23. The molecule has 0 radical (unpaired) electrons. The van der Waals surface area contributed by atoms with Gasteiger partial charge < -0.3 is 5.32 Å². The zero-order chi connectivity index (χ0) is 13.7. The Morgan fingerprint density at radius 2 is 1.79 bits per heavy atom. The van der Waals surface area contributed by atoms with Gasteiger partial charge in [0.2, 0.25) is 0 Å². The van der Waals surface area contributed by atoms with E-state index < -0.39 is 11.6 Å². The maximum Gasteiger partial charge on any atom is 0.159 e. The molecule has 0 aliphatic carbocycles. The molecule has 4 heteroatoms. The molecule has 0 aliphatic heterocycles. The number of nitrogens with one attached hydrogen (secondary N) is 1. The number of halogens is 2. The van der Waals surface area contributed by atoms with Crippen molar-refractivity contribution in [1.82, 2.24) is 5.32 Å². The molecule has 0 heterocycles. The molecule has 0 aliphatic rings. The van der Waals surface area contributed by atoms with Crippen molar-refractivity contribution in [2.45, 2.75) is 10.9 Å². The molecular formula is C15H15F2NS. The Hall–Kier alpha value is -1.39. The van der Waals surface area contributed by atoms with Crippen molar-refractivity contribution in [2.75, 3.05) is 12.8 Å². The third-order valence-corrected chi connectivity index (χ3v) is 3.96. The molecule has 19 heavy (non-hydrogen) atoms. The van der Waals surface area contributed by atoms with Crippen LogP contribution in [-0.4, -0.2) is 12.8 Å². The van der Waals surface area contributed by atoms with Crippen molar-refractivity contribution in [3.63, 3.8) is 0 Å². The lowest BCUT2D eigenvalue weighted by atomic mass is 10.1. The van der Waals surface area contributed by atoms with Gasteiger partial charge in [0, 0.05) is 16.7 Å². The van der Waals surface area contributed by atoms with E-state index in [2.05, 4.69) is 5.32 Å². The van der Waals surface area contributed by atoms with Gasteiger partial charge in [-0.2, -0.15) is 0 Å². The lowest BCUT2D eigenvalue weighted by Gasteiger charge is -2.16. The molecule has 2 aromatic rings. The highest BCUT2D eigenvalue weighted by molar-refractivity contribution is 7.99. The Kier molecular flexibility index (Phi) is 4.93. The highest BCUT2D eigenvalue weighted by Crippen LogP contribution is 2.25. The molecule has 0 spiro atoms. The molecule has 2 rings (SSSR count). The van der Waals surface area contributed by atoms with E-state index in [1.165, 1.54) is 12.1 Å². The lowest BCUT2D eigenvalue weighted by Crippen LogP contribution is -2.19. The van der Waals surface area contributed by atoms with Crippen LogP contribution in [0.25, 0.3) is 0 Å². The summed E-state index contributed by atoms with van der Waals surface area (Å²) in [6, 6.07) is 14.0. The van der Waals surface area contributed by atoms with E-state index >= 15 is 0 Å². The van der Waals surface area contributed by atoms with E-state index in [0.717, 1.165) is 16.2 Å². The first-order valence-electron chi connectivity index (χ1n) is 6.01. The molecule has 1 N–H and O–H groups in total. The average molecular weight is 279 g/mol. The van der Waals surface area contributed by atoms with Gasteiger partial charge in [-0.25, -0.2) is 8.78 Å². The highest BCUT2D eigenvalue weighted by Gasteiger charge is 2.12. The molecule has 2 aromatic carbocycles. The minimum Gasteiger partial charge on any atom is -0.312 e. The monoisotopic (exact) mass is 279 g/mol. The molecule has 1 nitrogen and oxygen atoms in total. The summed E-state index contributed by atoms with van der Waals surface area (Å²) in [7, 11) is 1.82. The zero-order valence-electron chi connectivity index (χ0n) is 10.6. The van der Waals surface area contributed by atoms with Gasteiger partial charge in [0.05, 0.1) is 0 Å². The standard InChI is InChI=1S/C15H15F2NS/c1-18-15(10-19-12-5-3-2-4-6-12)11-7-8-13(16)14(17)9-11/h2-9,15,18H,10H2,1H3. The summed E-state index contributed by atoms with van der Waals surface area (Å²) in [6.45, 7) is 0. The van der Waals surface area contributed by atoms with Crippen molar-refractivity contribution in [1.29, 1.82) is 0 Å². The minimum absolute atomic E-state index is 0.0136. The topological polar surface area (TPSA) is 12.0 Å². The van der Waals surface area contributed by atoms with Crippen LogP contribution in [0.2, 0.25) is 0 Å². The Balaban J connectivity index is 2.05. The van der Waals surface area contributed by atoms with Crippen LogP contribution in [0.3, 0.4) is 0 Å². The second-order valence-electron chi connectivity index (χ2n) is 4.14. The summed E-state index contributed by atoms with van der Waals surface area (Å²) in [6.07, 6.45) is 0. The molecular weight excluding hydrogens is 264 g/mol. The quantitative estimate of drug-likeness (QED) is 0.830. The van der Waals surface area contributed by atoms with Gasteiger partial charge in [0.25, 0.3) is 0 Å². The molecule has 1 atom stereocenters. The van der Waals surface area contributed by atoms with Crippen LogP contribution in [-0.2, 0) is 0 Å². The number of hydrogen-bond acceptors (Lipinski definition) is 2.